The van der Waals surface area contributed by atoms with Gasteiger partial charge in [-0.3, -0.25) is 9.88 Å². The highest BCUT2D eigenvalue weighted by molar-refractivity contribution is 5.93. The molecular weight excluding hydrogens is 394 g/mol. The number of benzene rings is 2. The number of nitrogens with zero attached hydrogens (tertiary/aromatic N) is 5. The molecule has 1 fully saturated rings. The van der Waals surface area contributed by atoms with Crippen molar-refractivity contribution in [1.29, 1.82) is 0 Å². The third kappa shape index (κ3) is 4.26. The van der Waals surface area contributed by atoms with Crippen LogP contribution in [0.25, 0.3) is 16.6 Å². The summed E-state index contributed by atoms with van der Waals surface area (Å²) in [6, 6.07) is 21.2. The van der Waals surface area contributed by atoms with E-state index < -0.39 is 0 Å². The van der Waals surface area contributed by atoms with Crippen molar-refractivity contribution in [2.24, 2.45) is 0 Å². The molecule has 2 aromatic carbocycles. The zero-order chi connectivity index (χ0) is 21.9. The van der Waals surface area contributed by atoms with Gasteiger partial charge in [0.1, 0.15) is 0 Å². The molecule has 0 saturated carbocycles. The lowest BCUT2D eigenvalue weighted by atomic mass is 9.97. The summed E-state index contributed by atoms with van der Waals surface area (Å²) in [5.74, 6) is 0.470. The van der Waals surface area contributed by atoms with Crippen LogP contribution in [0.3, 0.4) is 0 Å². The van der Waals surface area contributed by atoms with Gasteiger partial charge in [-0.1, -0.05) is 50.2 Å². The predicted octanol–water partition coefficient (Wildman–Crippen LogP) is 5.26. The van der Waals surface area contributed by atoms with E-state index in [9.17, 15) is 0 Å². The van der Waals surface area contributed by atoms with Gasteiger partial charge in [0.25, 0.3) is 0 Å². The molecule has 4 aromatic rings. The van der Waals surface area contributed by atoms with Crippen LogP contribution in [0.2, 0.25) is 0 Å². The number of fused-ring (bicyclic) bond motifs is 1. The van der Waals surface area contributed by atoms with Crippen molar-refractivity contribution < 1.29 is 0 Å². The number of hydrogen-bond acceptors (Lipinski definition) is 4. The topological polar surface area (TPSA) is 37.2 Å². The summed E-state index contributed by atoms with van der Waals surface area (Å²) in [5.41, 5.74) is 6.08. The molecule has 0 atom stereocenters. The molecule has 0 amide bonds. The van der Waals surface area contributed by atoms with Crippen LogP contribution in [0.1, 0.15) is 37.4 Å². The van der Waals surface area contributed by atoms with Gasteiger partial charge in [-0.05, 0) is 42.2 Å². The van der Waals surface area contributed by atoms with E-state index in [2.05, 4.69) is 66.2 Å². The van der Waals surface area contributed by atoms with Gasteiger partial charge in [-0.2, -0.15) is 5.10 Å². The van der Waals surface area contributed by atoms with Crippen LogP contribution in [-0.4, -0.2) is 45.8 Å². The molecular formula is C27H31N5. The number of rotatable bonds is 5. The lowest BCUT2D eigenvalue weighted by Gasteiger charge is -2.28. The number of para-hydroxylation sites is 1. The SMILES string of the molecule is CC(C)c1ccc2cccnc2c1N1CCCN(Cc2ccn(-c3ccccc3)n2)CC1. The average molecular weight is 426 g/mol. The van der Waals surface area contributed by atoms with E-state index in [-0.39, 0.29) is 0 Å². The second-order valence-corrected chi connectivity index (χ2v) is 8.94. The zero-order valence-corrected chi connectivity index (χ0v) is 19.0. The minimum atomic E-state index is 0.470. The van der Waals surface area contributed by atoms with Crippen molar-refractivity contribution in [3.8, 4) is 5.69 Å². The van der Waals surface area contributed by atoms with Crippen LogP contribution in [0.5, 0.6) is 0 Å². The molecule has 5 heteroatoms. The van der Waals surface area contributed by atoms with Crippen LogP contribution in [0.4, 0.5) is 5.69 Å². The lowest BCUT2D eigenvalue weighted by Crippen LogP contribution is -2.31. The molecule has 0 radical (unpaired) electrons. The highest BCUT2D eigenvalue weighted by Gasteiger charge is 2.21. The minimum absolute atomic E-state index is 0.470. The fraction of sp³-hybridized carbons (Fsp3) is 0.333. The second-order valence-electron chi connectivity index (χ2n) is 8.94. The fourth-order valence-electron chi connectivity index (χ4n) is 4.70. The summed E-state index contributed by atoms with van der Waals surface area (Å²) in [6.45, 7) is 9.63. The monoisotopic (exact) mass is 425 g/mol. The van der Waals surface area contributed by atoms with Gasteiger partial charge in [-0.25, -0.2) is 4.68 Å². The van der Waals surface area contributed by atoms with E-state index in [0.717, 1.165) is 56.0 Å². The van der Waals surface area contributed by atoms with Gasteiger partial charge in [0.2, 0.25) is 0 Å². The Hall–Kier alpha value is -3.18. The first-order valence-electron chi connectivity index (χ1n) is 11.6. The summed E-state index contributed by atoms with van der Waals surface area (Å²) in [4.78, 5) is 9.88. The fourth-order valence-corrected chi connectivity index (χ4v) is 4.70. The Balaban J connectivity index is 1.33. The first kappa shape index (κ1) is 20.7. The van der Waals surface area contributed by atoms with Crippen molar-refractivity contribution in [3.63, 3.8) is 0 Å². The van der Waals surface area contributed by atoms with E-state index in [1.165, 1.54) is 16.6 Å². The van der Waals surface area contributed by atoms with E-state index in [1.54, 1.807) is 0 Å². The highest BCUT2D eigenvalue weighted by atomic mass is 15.3. The minimum Gasteiger partial charge on any atom is -0.368 e. The molecule has 1 aliphatic rings. The van der Waals surface area contributed by atoms with Crippen molar-refractivity contribution in [3.05, 3.63) is 84.3 Å². The summed E-state index contributed by atoms with van der Waals surface area (Å²) in [6.07, 6.45) is 5.12. The summed E-state index contributed by atoms with van der Waals surface area (Å²) in [5, 5.41) is 6.03. The number of hydrogen-bond donors (Lipinski definition) is 0. The second kappa shape index (κ2) is 9.13. The maximum absolute atomic E-state index is 4.81. The Morgan fingerprint density at radius 1 is 0.875 bits per heavy atom. The van der Waals surface area contributed by atoms with Gasteiger partial charge in [0, 0.05) is 50.5 Å². The average Bonchev–Trinajstić information content (AvgIpc) is 3.17. The van der Waals surface area contributed by atoms with Gasteiger partial charge >= 0.3 is 0 Å². The highest BCUT2D eigenvalue weighted by Crippen LogP contribution is 2.34. The van der Waals surface area contributed by atoms with E-state index >= 15 is 0 Å². The molecule has 0 bridgehead atoms. The lowest BCUT2D eigenvalue weighted by molar-refractivity contribution is 0.281. The molecule has 164 valence electrons. The van der Waals surface area contributed by atoms with Crippen LogP contribution >= 0.6 is 0 Å². The largest absolute Gasteiger partial charge is 0.368 e. The Labute approximate surface area is 190 Å². The molecule has 1 saturated heterocycles. The van der Waals surface area contributed by atoms with Gasteiger partial charge in [-0.15, -0.1) is 0 Å². The normalized spacial score (nSPS) is 15.4. The van der Waals surface area contributed by atoms with E-state index in [4.69, 9.17) is 10.1 Å². The van der Waals surface area contributed by atoms with Gasteiger partial charge in [0.15, 0.2) is 0 Å². The molecule has 1 aliphatic heterocycles. The Bertz CT molecular complexity index is 1180. The molecule has 0 N–H and O–H groups in total. The molecule has 0 aliphatic carbocycles. The Morgan fingerprint density at radius 3 is 2.59 bits per heavy atom. The first-order valence-corrected chi connectivity index (χ1v) is 11.6. The predicted molar refractivity (Wildman–Crippen MR) is 132 cm³/mol. The third-order valence-corrected chi connectivity index (χ3v) is 6.36. The maximum atomic E-state index is 4.81. The number of aromatic nitrogens is 3. The van der Waals surface area contributed by atoms with Gasteiger partial charge < -0.3 is 4.90 Å². The van der Waals surface area contributed by atoms with Crippen LogP contribution in [-0.2, 0) is 6.54 Å². The molecule has 5 nitrogen and oxygen atoms in total. The molecule has 32 heavy (non-hydrogen) atoms. The summed E-state index contributed by atoms with van der Waals surface area (Å²) < 4.78 is 1.97. The maximum Gasteiger partial charge on any atom is 0.0938 e. The van der Waals surface area contributed by atoms with E-state index in [0.29, 0.717) is 5.92 Å². The molecule has 3 heterocycles. The Morgan fingerprint density at radius 2 is 1.75 bits per heavy atom. The number of pyridine rings is 1. The summed E-state index contributed by atoms with van der Waals surface area (Å²) >= 11 is 0. The quantitative estimate of drug-likeness (QED) is 0.437. The molecule has 0 unspecified atom stereocenters. The van der Waals surface area contributed by atoms with Gasteiger partial charge in [0.05, 0.1) is 22.6 Å². The zero-order valence-electron chi connectivity index (χ0n) is 19.0. The number of anilines is 1. The van der Waals surface area contributed by atoms with Crippen molar-refractivity contribution in [2.45, 2.75) is 32.7 Å². The van der Waals surface area contributed by atoms with Crippen LogP contribution in [0.15, 0.2) is 73.1 Å². The first-order chi connectivity index (χ1) is 15.7. The van der Waals surface area contributed by atoms with Crippen molar-refractivity contribution in [2.75, 3.05) is 31.1 Å². The Kier molecular flexibility index (Phi) is 5.91. The van der Waals surface area contributed by atoms with E-state index in [1.807, 2.05) is 35.1 Å². The molecule has 5 rings (SSSR count). The van der Waals surface area contributed by atoms with Crippen LogP contribution < -0.4 is 4.90 Å². The third-order valence-electron chi connectivity index (χ3n) is 6.36. The standard InChI is InChI=1S/C27H31N5/c1-21(2)25-12-11-22-8-6-14-28-26(22)27(25)31-16-7-15-30(18-19-31)20-23-13-17-32(29-23)24-9-4-3-5-10-24/h3-6,8-14,17,21H,7,15-16,18-20H2,1-2H3. The molecule has 2 aromatic heterocycles. The smallest absolute Gasteiger partial charge is 0.0938 e. The summed E-state index contributed by atoms with van der Waals surface area (Å²) in [7, 11) is 0. The van der Waals surface area contributed by atoms with Crippen molar-refractivity contribution in [1.82, 2.24) is 19.7 Å². The molecule has 0 spiro atoms. The van der Waals surface area contributed by atoms with Crippen molar-refractivity contribution >= 4 is 16.6 Å². The van der Waals surface area contributed by atoms with Crippen LogP contribution in [0, 0.1) is 0 Å².